The highest BCUT2D eigenvalue weighted by atomic mass is 16.2. The third-order valence-corrected chi connectivity index (χ3v) is 4.16. The molecule has 1 N–H and O–H groups in total. The number of rotatable bonds is 2. The maximum atomic E-state index is 11.9. The number of nitrogens with one attached hydrogen (secondary N) is 1. The first-order valence-corrected chi connectivity index (χ1v) is 6.95. The predicted molar refractivity (Wildman–Crippen MR) is 69.0 cm³/mol. The molecule has 2 saturated heterocycles. The van der Waals surface area contributed by atoms with Crippen molar-refractivity contribution in [2.24, 2.45) is 5.92 Å². The molecule has 98 valence electrons. The Morgan fingerprint density at radius 3 is 2.94 bits per heavy atom. The Hall–Kier alpha value is -0.770. The van der Waals surface area contributed by atoms with Crippen molar-refractivity contribution in [1.82, 2.24) is 15.1 Å². The van der Waals surface area contributed by atoms with Crippen LogP contribution >= 0.6 is 0 Å². The van der Waals surface area contributed by atoms with Crippen molar-refractivity contribution in [3.05, 3.63) is 0 Å². The van der Waals surface area contributed by atoms with Gasteiger partial charge in [0, 0.05) is 25.7 Å². The van der Waals surface area contributed by atoms with Gasteiger partial charge in [-0.05, 0) is 45.2 Å². The topological polar surface area (TPSA) is 35.6 Å². The Labute approximate surface area is 104 Å². The number of nitrogens with zero attached hydrogens (tertiary/aromatic N) is 2. The molecule has 2 amide bonds. The molecule has 2 aliphatic rings. The SMILES string of the molecule is CCCNC(=O)N1CCC2C(CCCN2C)C1. The molecule has 2 atom stereocenters. The normalized spacial score (nSPS) is 29.9. The van der Waals surface area contributed by atoms with E-state index >= 15 is 0 Å². The minimum Gasteiger partial charge on any atom is -0.338 e. The molecular weight excluding hydrogens is 214 g/mol. The number of carbonyl (C=O) groups excluding carboxylic acids is 1. The number of piperidine rings is 2. The summed E-state index contributed by atoms with van der Waals surface area (Å²) in [7, 11) is 2.23. The Morgan fingerprint density at radius 1 is 1.35 bits per heavy atom. The first-order valence-electron chi connectivity index (χ1n) is 6.95. The van der Waals surface area contributed by atoms with E-state index in [2.05, 4.69) is 24.2 Å². The Balaban J connectivity index is 1.86. The van der Waals surface area contributed by atoms with Crippen LogP contribution in [0.1, 0.15) is 32.6 Å². The van der Waals surface area contributed by atoms with Crippen molar-refractivity contribution in [1.29, 1.82) is 0 Å². The molecule has 0 saturated carbocycles. The molecule has 0 aromatic rings. The molecule has 0 aromatic carbocycles. The minimum absolute atomic E-state index is 0.138. The summed E-state index contributed by atoms with van der Waals surface area (Å²) >= 11 is 0. The summed E-state index contributed by atoms with van der Waals surface area (Å²) in [5.74, 6) is 0.690. The summed E-state index contributed by atoms with van der Waals surface area (Å²) in [5.41, 5.74) is 0. The highest BCUT2D eigenvalue weighted by Gasteiger charge is 2.35. The average molecular weight is 239 g/mol. The van der Waals surface area contributed by atoms with Crippen LogP contribution in [0.2, 0.25) is 0 Å². The third kappa shape index (κ3) is 2.92. The van der Waals surface area contributed by atoms with Gasteiger partial charge >= 0.3 is 6.03 Å². The highest BCUT2D eigenvalue weighted by Crippen LogP contribution is 2.29. The van der Waals surface area contributed by atoms with Crippen LogP contribution in [0.3, 0.4) is 0 Å². The van der Waals surface area contributed by atoms with Gasteiger partial charge < -0.3 is 15.1 Å². The van der Waals surface area contributed by atoms with E-state index in [1.54, 1.807) is 0 Å². The molecule has 0 radical (unpaired) electrons. The van der Waals surface area contributed by atoms with E-state index in [1.165, 1.54) is 19.4 Å². The Morgan fingerprint density at radius 2 is 2.18 bits per heavy atom. The molecule has 0 aromatic heterocycles. The monoisotopic (exact) mass is 239 g/mol. The second kappa shape index (κ2) is 5.71. The van der Waals surface area contributed by atoms with Crippen LogP contribution < -0.4 is 5.32 Å². The lowest BCUT2D eigenvalue weighted by atomic mass is 9.84. The first-order chi connectivity index (χ1) is 8.22. The fraction of sp³-hybridized carbons (Fsp3) is 0.923. The Kier molecular flexibility index (Phi) is 4.26. The van der Waals surface area contributed by atoms with Crippen molar-refractivity contribution in [2.75, 3.05) is 33.2 Å². The molecule has 0 bridgehead atoms. The minimum atomic E-state index is 0.138. The number of hydrogen-bond donors (Lipinski definition) is 1. The third-order valence-electron chi connectivity index (χ3n) is 4.16. The van der Waals surface area contributed by atoms with E-state index in [9.17, 15) is 4.79 Å². The number of carbonyl (C=O) groups is 1. The maximum absolute atomic E-state index is 11.9. The van der Waals surface area contributed by atoms with Crippen molar-refractivity contribution in [3.63, 3.8) is 0 Å². The van der Waals surface area contributed by atoms with Gasteiger partial charge in [0.1, 0.15) is 0 Å². The summed E-state index contributed by atoms with van der Waals surface area (Å²) in [6.45, 7) is 5.97. The first kappa shape index (κ1) is 12.7. The quantitative estimate of drug-likeness (QED) is 0.793. The van der Waals surface area contributed by atoms with Crippen LogP contribution in [0.4, 0.5) is 4.79 Å². The highest BCUT2D eigenvalue weighted by molar-refractivity contribution is 5.74. The predicted octanol–water partition coefficient (Wildman–Crippen LogP) is 1.52. The summed E-state index contributed by atoms with van der Waals surface area (Å²) in [6.07, 6.45) is 4.71. The lowest BCUT2D eigenvalue weighted by molar-refractivity contribution is 0.0516. The molecule has 0 spiro atoms. The average Bonchev–Trinajstić information content (AvgIpc) is 2.36. The molecule has 2 unspecified atom stereocenters. The smallest absolute Gasteiger partial charge is 0.317 e. The van der Waals surface area contributed by atoms with Crippen LogP contribution in [0.5, 0.6) is 0 Å². The van der Waals surface area contributed by atoms with E-state index in [0.29, 0.717) is 12.0 Å². The molecule has 2 heterocycles. The zero-order valence-electron chi connectivity index (χ0n) is 11.1. The summed E-state index contributed by atoms with van der Waals surface area (Å²) in [6, 6.07) is 0.845. The molecule has 2 aliphatic heterocycles. The maximum Gasteiger partial charge on any atom is 0.317 e. The van der Waals surface area contributed by atoms with E-state index in [1.807, 2.05) is 4.90 Å². The van der Waals surface area contributed by atoms with E-state index < -0.39 is 0 Å². The van der Waals surface area contributed by atoms with Gasteiger partial charge in [0.05, 0.1) is 0 Å². The number of likely N-dealkylation sites (tertiary alicyclic amines) is 2. The molecular formula is C13H25N3O. The lowest BCUT2D eigenvalue weighted by Gasteiger charge is -2.45. The van der Waals surface area contributed by atoms with Gasteiger partial charge in [0.2, 0.25) is 0 Å². The lowest BCUT2D eigenvalue weighted by Crippen LogP contribution is -2.55. The van der Waals surface area contributed by atoms with Gasteiger partial charge in [-0.15, -0.1) is 0 Å². The van der Waals surface area contributed by atoms with Crippen molar-refractivity contribution in [3.8, 4) is 0 Å². The largest absolute Gasteiger partial charge is 0.338 e. The number of hydrogen-bond acceptors (Lipinski definition) is 2. The van der Waals surface area contributed by atoms with Gasteiger partial charge in [-0.2, -0.15) is 0 Å². The molecule has 0 aliphatic carbocycles. The fourth-order valence-electron chi connectivity index (χ4n) is 3.18. The molecule has 17 heavy (non-hydrogen) atoms. The molecule has 2 rings (SSSR count). The summed E-state index contributed by atoms with van der Waals surface area (Å²) in [5, 5.41) is 2.98. The van der Waals surface area contributed by atoms with E-state index in [-0.39, 0.29) is 6.03 Å². The number of fused-ring (bicyclic) bond motifs is 1. The zero-order valence-corrected chi connectivity index (χ0v) is 11.1. The number of urea groups is 1. The zero-order chi connectivity index (χ0) is 12.3. The van der Waals surface area contributed by atoms with E-state index in [0.717, 1.165) is 32.5 Å². The Bertz CT molecular complexity index is 269. The van der Waals surface area contributed by atoms with Gasteiger partial charge in [-0.3, -0.25) is 0 Å². The second-order valence-corrected chi connectivity index (χ2v) is 5.42. The van der Waals surface area contributed by atoms with E-state index in [4.69, 9.17) is 0 Å². The van der Waals surface area contributed by atoms with Gasteiger partial charge in [-0.1, -0.05) is 6.92 Å². The van der Waals surface area contributed by atoms with Gasteiger partial charge in [-0.25, -0.2) is 4.79 Å². The standard InChI is InChI=1S/C13H25N3O/c1-3-7-14-13(17)16-9-6-12-11(10-16)5-4-8-15(12)2/h11-12H,3-10H2,1-2H3,(H,14,17). The van der Waals surface area contributed by atoms with Crippen LogP contribution in [-0.4, -0.2) is 55.1 Å². The molecule has 4 heteroatoms. The molecule has 4 nitrogen and oxygen atoms in total. The summed E-state index contributed by atoms with van der Waals surface area (Å²) in [4.78, 5) is 16.4. The summed E-state index contributed by atoms with van der Waals surface area (Å²) < 4.78 is 0. The number of amides is 2. The van der Waals surface area contributed by atoms with Crippen molar-refractivity contribution < 1.29 is 4.79 Å². The van der Waals surface area contributed by atoms with Crippen molar-refractivity contribution >= 4 is 6.03 Å². The van der Waals surface area contributed by atoms with Crippen LogP contribution in [-0.2, 0) is 0 Å². The molecule has 2 fully saturated rings. The fourth-order valence-corrected chi connectivity index (χ4v) is 3.18. The van der Waals surface area contributed by atoms with Crippen LogP contribution in [0.15, 0.2) is 0 Å². The second-order valence-electron chi connectivity index (χ2n) is 5.42. The van der Waals surface area contributed by atoms with Crippen LogP contribution in [0.25, 0.3) is 0 Å². The van der Waals surface area contributed by atoms with Crippen molar-refractivity contribution in [2.45, 2.75) is 38.6 Å². The van der Waals surface area contributed by atoms with Gasteiger partial charge in [0.25, 0.3) is 0 Å². The van der Waals surface area contributed by atoms with Gasteiger partial charge in [0.15, 0.2) is 0 Å². The van der Waals surface area contributed by atoms with Crippen LogP contribution in [0, 0.1) is 5.92 Å².